The van der Waals surface area contributed by atoms with Crippen LogP contribution in [0.15, 0.2) is 27.7 Å². The number of halogens is 1. The molecule has 0 aliphatic rings. The average molecular weight is 327 g/mol. The lowest BCUT2D eigenvalue weighted by Gasteiger charge is -2.07. The van der Waals surface area contributed by atoms with Crippen LogP contribution in [-0.2, 0) is 13.1 Å². The fourth-order valence-electron chi connectivity index (χ4n) is 1.62. The lowest BCUT2D eigenvalue weighted by Crippen LogP contribution is -2.23. The minimum atomic E-state index is -1.12. The Labute approximate surface area is 116 Å². The van der Waals surface area contributed by atoms with Gasteiger partial charge < -0.3 is 9.67 Å². The summed E-state index contributed by atoms with van der Waals surface area (Å²) in [7, 11) is 0. The second-order valence-corrected chi connectivity index (χ2v) is 4.93. The molecule has 8 heteroatoms. The number of nitrogens with zero attached hydrogens (tertiary/aromatic N) is 4. The molecule has 2 aromatic heterocycles. The average Bonchev–Trinajstić information content (AvgIpc) is 2.81. The van der Waals surface area contributed by atoms with Crippen LogP contribution in [0.1, 0.15) is 16.1 Å². The third-order valence-electron chi connectivity index (χ3n) is 2.56. The van der Waals surface area contributed by atoms with Crippen LogP contribution < -0.4 is 5.56 Å². The highest BCUT2D eigenvalue weighted by Crippen LogP contribution is 2.08. The summed E-state index contributed by atoms with van der Waals surface area (Å²) in [5.41, 5.74) is 0.443. The molecule has 0 atom stereocenters. The van der Waals surface area contributed by atoms with Gasteiger partial charge in [0, 0.05) is 22.8 Å². The van der Waals surface area contributed by atoms with Crippen molar-refractivity contribution in [1.82, 2.24) is 19.6 Å². The van der Waals surface area contributed by atoms with Gasteiger partial charge in [0.05, 0.1) is 12.7 Å². The molecule has 0 fully saturated rings. The van der Waals surface area contributed by atoms with E-state index in [2.05, 4.69) is 26.2 Å². The molecule has 0 unspecified atom stereocenters. The van der Waals surface area contributed by atoms with Crippen molar-refractivity contribution in [1.29, 1.82) is 0 Å². The van der Waals surface area contributed by atoms with Crippen molar-refractivity contribution in [2.24, 2.45) is 0 Å². The van der Waals surface area contributed by atoms with Gasteiger partial charge in [-0.05, 0) is 28.9 Å². The molecule has 0 saturated carbocycles. The van der Waals surface area contributed by atoms with Gasteiger partial charge >= 0.3 is 5.97 Å². The number of hydrogen-bond donors (Lipinski definition) is 1. The number of carbonyl (C=O) groups is 1. The van der Waals surface area contributed by atoms with E-state index in [1.807, 2.05) is 0 Å². The standard InChI is InChI=1S/C11H11BrN4O3/c1-7-4-8(12)5-15(10(7)17)2-3-16-6-9(11(18)19)13-14-16/h4-6H,2-3H2,1H3,(H,18,19). The third kappa shape index (κ3) is 3.08. The number of aromatic carboxylic acids is 1. The van der Waals surface area contributed by atoms with Crippen molar-refractivity contribution in [3.8, 4) is 0 Å². The Bertz CT molecular complexity index is 677. The van der Waals surface area contributed by atoms with E-state index < -0.39 is 5.97 Å². The molecule has 0 amide bonds. The highest BCUT2D eigenvalue weighted by atomic mass is 79.9. The summed E-state index contributed by atoms with van der Waals surface area (Å²) in [6.07, 6.45) is 3.02. The zero-order valence-corrected chi connectivity index (χ0v) is 11.7. The van der Waals surface area contributed by atoms with Crippen LogP contribution in [0.2, 0.25) is 0 Å². The van der Waals surface area contributed by atoms with E-state index in [-0.39, 0.29) is 11.3 Å². The molecular weight excluding hydrogens is 316 g/mol. The van der Waals surface area contributed by atoms with Crippen molar-refractivity contribution in [2.45, 2.75) is 20.0 Å². The number of rotatable bonds is 4. The topological polar surface area (TPSA) is 90.0 Å². The zero-order chi connectivity index (χ0) is 14.0. The molecule has 0 spiro atoms. The molecule has 0 aromatic carbocycles. The first-order valence-corrected chi connectivity index (χ1v) is 6.26. The molecule has 2 rings (SSSR count). The van der Waals surface area contributed by atoms with Crippen LogP contribution in [0.3, 0.4) is 0 Å². The van der Waals surface area contributed by atoms with Gasteiger partial charge in [-0.2, -0.15) is 0 Å². The Morgan fingerprint density at radius 2 is 2.16 bits per heavy atom. The maximum absolute atomic E-state index is 11.9. The summed E-state index contributed by atoms with van der Waals surface area (Å²) in [4.78, 5) is 22.5. The molecule has 0 saturated heterocycles. The van der Waals surface area contributed by atoms with Crippen LogP contribution >= 0.6 is 15.9 Å². The summed E-state index contributed by atoms with van der Waals surface area (Å²) in [6.45, 7) is 2.50. The summed E-state index contributed by atoms with van der Waals surface area (Å²) >= 11 is 3.32. The Morgan fingerprint density at radius 1 is 1.42 bits per heavy atom. The predicted molar refractivity (Wildman–Crippen MR) is 70.1 cm³/mol. The first kappa shape index (κ1) is 13.5. The smallest absolute Gasteiger partial charge is 0.358 e. The second-order valence-electron chi connectivity index (χ2n) is 4.01. The van der Waals surface area contributed by atoms with Crippen LogP contribution in [-0.4, -0.2) is 30.6 Å². The van der Waals surface area contributed by atoms with Gasteiger partial charge in [-0.15, -0.1) is 5.10 Å². The summed E-state index contributed by atoms with van der Waals surface area (Å²) < 4.78 is 3.75. The molecule has 0 bridgehead atoms. The van der Waals surface area contributed by atoms with Gasteiger partial charge in [-0.1, -0.05) is 5.21 Å². The predicted octanol–water partition coefficient (Wildman–Crippen LogP) is 0.909. The zero-order valence-electron chi connectivity index (χ0n) is 10.1. The monoisotopic (exact) mass is 326 g/mol. The summed E-state index contributed by atoms with van der Waals surface area (Å²) in [5, 5.41) is 15.9. The van der Waals surface area contributed by atoms with Gasteiger partial charge in [0.15, 0.2) is 5.69 Å². The fraction of sp³-hybridized carbons (Fsp3) is 0.273. The molecule has 7 nitrogen and oxygen atoms in total. The molecule has 0 aliphatic carbocycles. The largest absolute Gasteiger partial charge is 0.476 e. The molecule has 1 N–H and O–H groups in total. The molecule has 100 valence electrons. The Balaban J connectivity index is 2.14. The summed E-state index contributed by atoms with van der Waals surface area (Å²) in [5.74, 6) is -1.12. The third-order valence-corrected chi connectivity index (χ3v) is 2.99. The van der Waals surface area contributed by atoms with Crippen LogP contribution in [0.4, 0.5) is 0 Å². The van der Waals surface area contributed by atoms with E-state index in [4.69, 9.17) is 5.11 Å². The van der Waals surface area contributed by atoms with Gasteiger partial charge in [0.2, 0.25) is 0 Å². The number of aryl methyl sites for hydroxylation is 3. The molecule has 0 radical (unpaired) electrons. The van der Waals surface area contributed by atoms with E-state index in [0.717, 1.165) is 4.47 Å². The Kier molecular flexibility index (Phi) is 3.79. The molecule has 2 heterocycles. The van der Waals surface area contributed by atoms with Crippen molar-refractivity contribution in [3.63, 3.8) is 0 Å². The highest BCUT2D eigenvalue weighted by molar-refractivity contribution is 9.10. The van der Waals surface area contributed by atoms with Gasteiger partial charge in [0.1, 0.15) is 0 Å². The van der Waals surface area contributed by atoms with Crippen LogP contribution in [0, 0.1) is 6.92 Å². The Morgan fingerprint density at radius 3 is 2.79 bits per heavy atom. The van der Waals surface area contributed by atoms with E-state index in [1.165, 1.54) is 10.9 Å². The quantitative estimate of drug-likeness (QED) is 0.901. The number of carboxylic acid groups (broad SMARTS) is 1. The number of pyridine rings is 1. The Hall–Kier alpha value is -1.96. The van der Waals surface area contributed by atoms with E-state index in [0.29, 0.717) is 18.7 Å². The van der Waals surface area contributed by atoms with Crippen molar-refractivity contribution >= 4 is 21.9 Å². The molecule has 19 heavy (non-hydrogen) atoms. The van der Waals surface area contributed by atoms with Gasteiger partial charge in [0.25, 0.3) is 5.56 Å². The number of hydrogen-bond acceptors (Lipinski definition) is 4. The van der Waals surface area contributed by atoms with E-state index in [1.54, 1.807) is 23.8 Å². The van der Waals surface area contributed by atoms with E-state index in [9.17, 15) is 9.59 Å². The van der Waals surface area contributed by atoms with Gasteiger partial charge in [-0.3, -0.25) is 4.79 Å². The highest BCUT2D eigenvalue weighted by Gasteiger charge is 2.08. The minimum Gasteiger partial charge on any atom is -0.476 e. The lowest BCUT2D eigenvalue weighted by molar-refractivity contribution is 0.0690. The van der Waals surface area contributed by atoms with Crippen molar-refractivity contribution in [2.75, 3.05) is 0 Å². The SMILES string of the molecule is Cc1cc(Br)cn(CCn2cc(C(=O)O)nn2)c1=O. The minimum absolute atomic E-state index is 0.0817. The second kappa shape index (κ2) is 5.35. The number of carboxylic acids is 1. The molecule has 0 aliphatic heterocycles. The lowest BCUT2D eigenvalue weighted by atomic mass is 10.3. The van der Waals surface area contributed by atoms with Crippen molar-refractivity contribution in [3.05, 3.63) is 44.5 Å². The van der Waals surface area contributed by atoms with Gasteiger partial charge in [-0.25, -0.2) is 9.48 Å². The number of aromatic nitrogens is 4. The van der Waals surface area contributed by atoms with Crippen LogP contribution in [0.5, 0.6) is 0 Å². The first-order valence-electron chi connectivity index (χ1n) is 5.47. The van der Waals surface area contributed by atoms with E-state index >= 15 is 0 Å². The normalized spacial score (nSPS) is 10.6. The van der Waals surface area contributed by atoms with Crippen LogP contribution in [0.25, 0.3) is 0 Å². The first-order chi connectivity index (χ1) is 8.97. The fourth-order valence-corrected chi connectivity index (χ4v) is 2.21. The maximum Gasteiger partial charge on any atom is 0.358 e. The van der Waals surface area contributed by atoms with Crippen molar-refractivity contribution < 1.29 is 9.90 Å². The molecular formula is C11H11BrN4O3. The molecule has 2 aromatic rings. The summed E-state index contributed by atoms with van der Waals surface area (Å²) in [6, 6.07) is 1.75. The maximum atomic E-state index is 11.9.